The van der Waals surface area contributed by atoms with Gasteiger partial charge in [-0.2, -0.15) is 0 Å². The van der Waals surface area contributed by atoms with Gasteiger partial charge in [-0.3, -0.25) is 0 Å². The molecule has 2 aliphatic heterocycles. The molecule has 0 radical (unpaired) electrons. The van der Waals surface area contributed by atoms with Crippen molar-refractivity contribution in [3.8, 4) is 0 Å². The van der Waals surface area contributed by atoms with Crippen LogP contribution in [0.1, 0.15) is 162 Å². The van der Waals surface area contributed by atoms with Crippen molar-refractivity contribution < 1.29 is 34.7 Å². The van der Waals surface area contributed by atoms with E-state index in [4.69, 9.17) is 9.47 Å². The number of aliphatic hydroxyl groups excluding tert-OH is 4. The van der Waals surface area contributed by atoms with Crippen molar-refractivity contribution in [2.24, 2.45) is 0 Å². The number of carbonyl (C=O) groups is 1. The second kappa shape index (κ2) is 22.5. The van der Waals surface area contributed by atoms with Crippen LogP contribution in [0.5, 0.6) is 0 Å². The van der Waals surface area contributed by atoms with Crippen molar-refractivity contribution in [3.05, 3.63) is 11.6 Å². The number of esters is 1. The molecule has 0 saturated carbocycles. The molecule has 2 rings (SSSR count). The Hall–Kier alpha value is -0.990. The normalized spacial score (nSPS) is 23.5. The summed E-state index contributed by atoms with van der Waals surface area (Å²) in [6.07, 6.45) is 22.3. The Bertz CT molecular complexity index is 726. The quantitative estimate of drug-likeness (QED) is 0.0624. The first kappa shape index (κ1) is 37.2. The van der Waals surface area contributed by atoms with Crippen LogP contribution >= 0.6 is 0 Å². The Morgan fingerprint density at radius 3 is 1.93 bits per heavy atom. The Morgan fingerprint density at radius 2 is 1.31 bits per heavy atom. The zero-order valence-electron chi connectivity index (χ0n) is 26.9. The van der Waals surface area contributed by atoms with Crippen molar-refractivity contribution in [2.45, 2.75) is 204 Å². The van der Waals surface area contributed by atoms with Gasteiger partial charge in [0.05, 0.1) is 36.6 Å². The maximum atomic E-state index is 11.7. The highest BCUT2D eigenvalue weighted by molar-refractivity contribution is 5.90. The molecular weight excluding hydrogens is 532 g/mol. The summed E-state index contributed by atoms with van der Waals surface area (Å²) in [6.45, 7) is 4.08. The monoisotopic (exact) mass is 596 g/mol. The van der Waals surface area contributed by atoms with E-state index in [2.05, 4.69) is 6.92 Å². The number of unbranched alkanes of at least 4 members (excludes halogenated alkanes) is 13. The molecule has 0 aromatic rings. The molecule has 0 amide bonds. The van der Waals surface area contributed by atoms with Crippen LogP contribution in [0, 0.1) is 0 Å². The third-order valence-electron chi connectivity index (χ3n) is 9.14. The minimum absolute atomic E-state index is 0.149. The second-order valence-electron chi connectivity index (χ2n) is 13.1. The molecule has 42 heavy (non-hydrogen) atoms. The Kier molecular flexibility index (Phi) is 19.9. The predicted octanol–water partition coefficient (Wildman–Crippen LogP) is 7.06. The molecule has 0 spiro atoms. The van der Waals surface area contributed by atoms with Crippen LogP contribution in [0.3, 0.4) is 0 Å². The Labute approximate surface area is 256 Å². The van der Waals surface area contributed by atoms with E-state index in [0.717, 1.165) is 51.4 Å². The van der Waals surface area contributed by atoms with E-state index in [1.54, 1.807) is 6.08 Å². The minimum atomic E-state index is -0.793. The molecule has 246 valence electrons. The highest BCUT2D eigenvalue weighted by Crippen LogP contribution is 2.28. The summed E-state index contributed by atoms with van der Waals surface area (Å²) in [6, 6.07) is 0. The molecule has 1 fully saturated rings. The summed E-state index contributed by atoms with van der Waals surface area (Å²) in [5, 5.41) is 41.6. The first-order valence-electron chi connectivity index (χ1n) is 17.6. The highest BCUT2D eigenvalue weighted by Gasteiger charge is 2.31. The highest BCUT2D eigenvalue weighted by atomic mass is 16.5. The van der Waals surface area contributed by atoms with E-state index < -0.39 is 24.4 Å². The summed E-state index contributed by atoms with van der Waals surface area (Å²) >= 11 is 0. The average molecular weight is 597 g/mol. The van der Waals surface area contributed by atoms with Crippen molar-refractivity contribution in [1.29, 1.82) is 0 Å². The van der Waals surface area contributed by atoms with E-state index in [-0.39, 0.29) is 24.3 Å². The number of aliphatic hydroxyl groups is 4. The molecule has 2 heterocycles. The number of rotatable bonds is 26. The van der Waals surface area contributed by atoms with E-state index in [1.165, 1.54) is 64.2 Å². The van der Waals surface area contributed by atoms with Crippen LogP contribution in [-0.4, -0.2) is 69.1 Å². The van der Waals surface area contributed by atoms with E-state index in [1.807, 2.05) is 6.92 Å². The number of hydrogen-bond acceptors (Lipinski definition) is 7. The van der Waals surface area contributed by atoms with Gasteiger partial charge < -0.3 is 29.9 Å². The molecule has 7 unspecified atom stereocenters. The van der Waals surface area contributed by atoms with Crippen molar-refractivity contribution in [3.63, 3.8) is 0 Å². The summed E-state index contributed by atoms with van der Waals surface area (Å²) < 4.78 is 11.2. The lowest BCUT2D eigenvalue weighted by molar-refractivity contribution is -0.139. The lowest BCUT2D eigenvalue weighted by Crippen LogP contribution is -2.31. The predicted molar refractivity (Wildman–Crippen MR) is 168 cm³/mol. The number of ether oxygens (including phenoxy) is 2. The van der Waals surface area contributed by atoms with Crippen LogP contribution in [0.15, 0.2) is 11.6 Å². The van der Waals surface area contributed by atoms with Crippen LogP contribution < -0.4 is 0 Å². The molecular formula is C35H64O7. The fourth-order valence-corrected chi connectivity index (χ4v) is 6.40. The summed E-state index contributed by atoms with van der Waals surface area (Å²) in [5.41, 5.74) is 0.584. The Balaban J connectivity index is 1.43. The van der Waals surface area contributed by atoms with Gasteiger partial charge in [0.15, 0.2) is 0 Å². The first-order valence-corrected chi connectivity index (χ1v) is 17.6. The molecule has 0 aliphatic carbocycles. The van der Waals surface area contributed by atoms with E-state index in [9.17, 15) is 25.2 Å². The smallest absolute Gasteiger partial charge is 0.334 e. The number of cyclic esters (lactones) is 1. The Morgan fingerprint density at radius 1 is 0.738 bits per heavy atom. The number of carbonyl (C=O) groups excluding carboxylic acids is 1. The SMILES string of the molecule is CCCCCCCCCCCCCCC(O)C(O)CCC(O)C1CCC(CCCCCC(O)CC2=CC(C)OC2=O)O1. The van der Waals surface area contributed by atoms with Crippen molar-refractivity contribution in [1.82, 2.24) is 0 Å². The molecule has 0 bridgehead atoms. The maximum Gasteiger partial charge on any atom is 0.334 e. The topological polar surface area (TPSA) is 116 Å². The van der Waals surface area contributed by atoms with Gasteiger partial charge in [-0.05, 0) is 57.9 Å². The largest absolute Gasteiger partial charge is 0.455 e. The van der Waals surface area contributed by atoms with Gasteiger partial charge in [0, 0.05) is 12.0 Å². The van der Waals surface area contributed by atoms with Crippen molar-refractivity contribution in [2.75, 3.05) is 0 Å². The second-order valence-corrected chi connectivity index (χ2v) is 13.1. The zero-order valence-corrected chi connectivity index (χ0v) is 26.9. The standard InChI is InChI=1S/C35H64O7/c1-3-4-5-6-7-8-9-10-11-12-13-17-20-31(37)32(38)22-23-33(39)34-24-21-30(42-34)19-16-14-15-18-29(36)26-28-25-27(2)41-35(28)40/h25,27,29-34,36-39H,3-24,26H2,1-2H3. The molecule has 0 aromatic heterocycles. The van der Waals surface area contributed by atoms with E-state index >= 15 is 0 Å². The molecule has 0 aromatic carbocycles. The molecule has 7 atom stereocenters. The van der Waals surface area contributed by atoms with Gasteiger partial charge in [0.1, 0.15) is 6.10 Å². The summed E-state index contributed by atoms with van der Waals surface area (Å²) in [7, 11) is 0. The van der Waals surface area contributed by atoms with Gasteiger partial charge in [-0.1, -0.05) is 103 Å². The average Bonchev–Trinajstić information content (AvgIpc) is 3.57. The van der Waals surface area contributed by atoms with E-state index in [0.29, 0.717) is 37.7 Å². The third-order valence-corrected chi connectivity index (χ3v) is 9.14. The zero-order chi connectivity index (χ0) is 30.6. The third kappa shape index (κ3) is 16.2. The number of hydrogen-bond donors (Lipinski definition) is 4. The lowest BCUT2D eigenvalue weighted by atomic mass is 9.97. The molecule has 1 saturated heterocycles. The minimum Gasteiger partial charge on any atom is -0.455 e. The fraction of sp³-hybridized carbons (Fsp3) is 0.914. The summed E-state index contributed by atoms with van der Waals surface area (Å²) in [5.74, 6) is -0.308. The lowest BCUT2D eigenvalue weighted by Gasteiger charge is -2.22. The van der Waals surface area contributed by atoms with Gasteiger partial charge >= 0.3 is 5.97 Å². The van der Waals surface area contributed by atoms with Gasteiger partial charge in [0.2, 0.25) is 0 Å². The van der Waals surface area contributed by atoms with Gasteiger partial charge in [0.25, 0.3) is 0 Å². The fourth-order valence-electron chi connectivity index (χ4n) is 6.40. The van der Waals surface area contributed by atoms with Crippen molar-refractivity contribution >= 4 is 5.97 Å². The molecule has 7 nitrogen and oxygen atoms in total. The molecule has 4 N–H and O–H groups in total. The maximum absolute atomic E-state index is 11.7. The van der Waals surface area contributed by atoms with Crippen LogP contribution in [0.2, 0.25) is 0 Å². The van der Waals surface area contributed by atoms with Crippen LogP contribution in [0.4, 0.5) is 0 Å². The summed E-state index contributed by atoms with van der Waals surface area (Å²) in [4.78, 5) is 11.7. The first-order chi connectivity index (χ1) is 20.3. The van der Waals surface area contributed by atoms with Gasteiger partial charge in [-0.15, -0.1) is 0 Å². The molecule has 2 aliphatic rings. The van der Waals surface area contributed by atoms with Crippen LogP contribution in [-0.2, 0) is 14.3 Å². The van der Waals surface area contributed by atoms with Crippen LogP contribution in [0.25, 0.3) is 0 Å². The van der Waals surface area contributed by atoms with Gasteiger partial charge in [-0.25, -0.2) is 4.79 Å². The molecule has 7 heteroatoms.